The summed E-state index contributed by atoms with van der Waals surface area (Å²) < 4.78 is 3.01. The number of thioether (sulfide) groups is 2. The van der Waals surface area contributed by atoms with Gasteiger partial charge in [-0.3, -0.25) is 9.59 Å². The van der Waals surface area contributed by atoms with Crippen LogP contribution in [-0.4, -0.2) is 26.4 Å². The van der Waals surface area contributed by atoms with Crippen LogP contribution in [0.2, 0.25) is 33.2 Å². The van der Waals surface area contributed by atoms with E-state index in [2.05, 4.69) is 119 Å². The van der Waals surface area contributed by atoms with Gasteiger partial charge in [-0.2, -0.15) is 0 Å². The van der Waals surface area contributed by atoms with E-state index in [0.29, 0.717) is 33.2 Å². The third kappa shape index (κ3) is 5.09. The van der Waals surface area contributed by atoms with Crippen molar-refractivity contribution in [2.75, 3.05) is 0 Å². The molecule has 3 aromatic rings. The zero-order valence-corrected chi connectivity index (χ0v) is 33.6. The molecular formula is C36H48O2S4Si2. The molecule has 0 aliphatic carbocycles. The van der Waals surface area contributed by atoms with Crippen LogP contribution in [0.4, 0.5) is 0 Å². The third-order valence-electron chi connectivity index (χ3n) is 10.7. The van der Waals surface area contributed by atoms with Crippen molar-refractivity contribution in [3.8, 4) is 0 Å². The lowest BCUT2D eigenvalue weighted by molar-refractivity contribution is -0.106. The molecule has 5 rings (SSSR count). The van der Waals surface area contributed by atoms with Crippen LogP contribution in [0.5, 0.6) is 0 Å². The number of benzene rings is 1. The lowest BCUT2D eigenvalue weighted by atomic mass is 10.1. The van der Waals surface area contributed by atoms with E-state index in [1.54, 1.807) is 0 Å². The van der Waals surface area contributed by atoms with E-state index in [4.69, 9.17) is 0 Å². The molecule has 1 aromatic carbocycles. The summed E-state index contributed by atoms with van der Waals surface area (Å²) in [6.45, 7) is 28.7. The minimum atomic E-state index is -1.81. The second kappa shape index (κ2) is 12.5. The van der Waals surface area contributed by atoms with Crippen molar-refractivity contribution < 1.29 is 9.59 Å². The second-order valence-electron chi connectivity index (χ2n) is 14.5. The lowest BCUT2D eigenvalue weighted by Crippen LogP contribution is -2.54. The molecule has 4 heterocycles. The van der Waals surface area contributed by atoms with Crippen molar-refractivity contribution in [2.24, 2.45) is 0 Å². The smallest absolute Gasteiger partial charge is 0.226 e. The van der Waals surface area contributed by atoms with Gasteiger partial charge in [-0.25, -0.2) is 0 Å². The van der Waals surface area contributed by atoms with Crippen LogP contribution in [0, 0.1) is 0 Å². The van der Waals surface area contributed by atoms with E-state index in [-0.39, 0.29) is 10.2 Å². The van der Waals surface area contributed by atoms with Crippen LogP contribution in [0.15, 0.2) is 46.2 Å². The molecule has 0 N–H and O–H groups in total. The molecule has 0 spiro atoms. The molecule has 0 fully saturated rings. The van der Waals surface area contributed by atoms with Crippen LogP contribution in [0.3, 0.4) is 0 Å². The summed E-state index contributed by atoms with van der Waals surface area (Å²) in [5, 5.41) is 2.25. The van der Waals surface area contributed by atoms with Crippen molar-refractivity contribution in [1.29, 1.82) is 0 Å². The first-order chi connectivity index (χ1) is 20.6. The highest BCUT2D eigenvalue weighted by molar-refractivity contribution is 8.15. The zero-order valence-electron chi connectivity index (χ0n) is 28.4. The molecule has 0 bridgehead atoms. The average Bonchev–Trinajstić information content (AvgIpc) is 3.67. The van der Waals surface area contributed by atoms with Gasteiger partial charge in [-0.1, -0.05) is 95.2 Å². The number of carbonyl (C=O) groups is 2. The lowest BCUT2D eigenvalue weighted by Gasteiger charge is -2.42. The van der Waals surface area contributed by atoms with Gasteiger partial charge < -0.3 is 0 Å². The van der Waals surface area contributed by atoms with Crippen molar-refractivity contribution in [2.45, 2.75) is 126 Å². The minimum absolute atomic E-state index is 0.126. The Morgan fingerprint density at radius 2 is 0.773 bits per heavy atom. The highest BCUT2D eigenvalue weighted by Gasteiger charge is 2.47. The molecule has 0 saturated heterocycles. The molecule has 44 heavy (non-hydrogen) atoms. The fourth-order valence-electron chi connectivity index (χ4n) is 9.22. The Kier molecular flexibility index (Phi) is 9.67. The van der Waals surface area contributed by atoms with Gasteiger partial charge in [-0.05, 0) is 90.0 Å². The van der Waals surface area contributed by atoms with E-state index >= 15 is 0 Å². The fraction of sp³-hybridized carbons (Fsp3) is 0.500. The molecular weight excluding hydrogens is 649 g/mol. The van der Waals surface area contributed by atoms with Gasteiger partial charge in [0.1, 0.15) is 16.1 Å². The monoisotopic (exact) mass is 696 g/mol. The van der Waals surface area contributed by atoms with Crippen molar-refractivity contribution in [3.63, 3.8) is 0 Å². The maximum atomic E-state index is 13.6. The van der Waals surface area contributed by atoms with Gasteiger partial charge in [-0.15, -0.1) is 22.7 Å². The first-order valence-corrected chi connectivity index (χ1v) is 23.9. The Hall–Kier alpha value is -1.17. The predicted molar refractivity (Wildman–Crippen MR) is 202 cm³/mol. The molecule has 0 atom stereocenters. The number of hydrogen-bond donors (Lipinski definition) is 0. The summed E-state index contributed by atoms with van der Waals surface area (Å²) in [6.07, 6.45) is 0. The van der Waals surface area contributed by atoms with Crippen LogP contribution in [0.1, 0.15) is 92.8 Å². The topological polar surface area (TPSA) is 34.1 Å². The Bertz CT molecular complexity index is 1570. The average molecular weight is 697 g/mol. The highest BCUT2D eigenvalue weighted by Crippen LogP contribution is 2.45. The maximum Gasteiger partial charge on any atom is 0.226 e. The number of fused-ring (bicyclic) bond motifs is 2. The van der Waals surface area contributed by atoms with E-state index < -0.39 is 16.1 Å². The molecule has 0 unspecified atom stereocenters. The number of carbonyl (C=O) groups excluding carboxylic acids is 2. The molecule has 0 radical (unpaired) electrons. The van der Waals surface area contributed by atoms with E-state index in [1.165, 1.54) is 32.5 Å². The normalized spacial score (nSPS) is 15.9. The fourth-order valence-corrected chi connectivity index (χ4v) is 31.4. The summed E-state index contributed by atoms with van der Waals surface area (Å²) in [4.78, 5) is 31.3. The molecule has 2 aromatic heterocycles. The van der Waals surface area contributed by atoms with Crippen LogP contribution >= 0.6 is 46.2 Å². The van der Waals surface area contributed by atoms with Crippen LogP contribution in [-0.2, 0) is 9.59 Å². The third-order valence-corrected chi connectivity index (χ3v) is 30.7. The van der Waals surface area contributed by atoms with Gasteiger partial charge in [0.25, 0.3) is 0 Å². The summed E-state index contributed by atoms with van der Waals surface area (Å²) in [6, 6.07) is 13.3. The summed E-state index contributed by atoms with van der Waals surface area (Å²) in [5.74, 6) is 0. The standard InChI is InChI=1S/C36H48O2S4Si2/c1-19(2)43(20(3)4,21(5)6)31-15-13-27(39-31)33-25-17-30-26(18-29(25)41-35(33)37)34(36(38)42-30)28-14-16-32(40-28)44(22(7)8,23(9)10)24(11)12/h13-24H,1-12H3. The van der Waals surface area contributed by atoms with Crippen molar-refractivity contribution in [3.05, 3.63) is 56.6 Å². The van der Waals surface area contributed by atoms with Gasteiger partial charge in [0.15, 0.2) is 0 Å². The SMILES string of the molecule is CC(C)[Si](c1ccc(C2=c3cc4c(cc3SC2=O)=C(c2ccc([Si](C(C)C)(C(C)C)C(C)C)s2)C(=O)S4)s1)(C(C)C)C(C)C. The highest BCUT2D eigenvalue weighted by atomic mass is 32.2. The summed E-state index contributed by atoms with van der Waals surface area (Å²) in [7, 11) is -3.63. The Morgan fingerprint density at radius 1 is 0.477 bits per heavy atom. The van der Waals surface area contributed by atoms with Gasteiger partial charge in [0, 0.05) is 30.0 Å². The van der Waals surface area contributed by atoms with Crippen molar-refractivity contribution in [1.82, 2.24) is 0 Å². The maximum absolute atomic E-state index is 13.6. The molecule has 0 amide bonds. The summed E-state index contributed by atoms with van der Waals surface area (Å²) in [5.41, 5.74) is 5.35. The summed E-state index contributed by atoms with van der Waals surface area (Å²) >= 11 is 6.37. The van der Waals surface area contributed by atoms with E-state index in [9.17, 15) is 9.59 Å². The first-order valence-electron chi connectivity index (χ1n) is 16.2. The quantitative estimate of drug-likeness (QED) is 0.198. The molecule has 2 aliphatic heterocycles. The number of rotatable bonds is 10. The van der Waals surface area contributed by atoms with Crippen LogP contribution < -0.4 is 19.4 Å². The molecule has 2 aliphatic rings. The molecule has 236 valence electrons. The van der Waals surface area contributed by atoms with E-state index in [1.807, 2.05) is 22.7 Å². The second-order valence-corrected chi connectivity index (χ2v) is 31.2. The van der Waals surface area contributed by atoms with Crippen LogP contribution in [0.25, 0.3) is 11.1 Å². The predicted octanol–water partition coefficient (Wildman–Crippen LogP) is 9.24. The Labute approximate surface area is 283 Å². The van der Waals surface area contributed by atoms with E-state index in [0.717, 1.165) is 41.1 Å². The van der Waals surface area contributed by atoms with Gasteiger partial charge in [0.2, 0.25) is 10.2 Å². The Balaban J connectivity index is 1.65. The first kappa shape index (κ1) is 34.2. The Morgan fingerprint density at radius 3 is 1.05 bits per heavy atom. The van der Waals surface area contributed by atoms with Crippen molar-refractivity contribution >= 4 is 92.7 Å². The van der Waals surface area contributed by atoms with Gasteiger partial charge in [0.05, 0.1) is 11.1 Å². The van der Waals surface area contributed by atoms with Gasteiger partial charge >= 0.3 is 0 Å². The largest absolute Gasteiger partial charge is 0.281 e. The molecule has 0 saturated carbocycles. The number of hydrogen-bond acceptors (Lipinski definition) is 6. The molecule has 2 nitrogen and oxygen atoms in total. The molecule has 8 heteroatoms. The minimum Gasteiger partial charge on any atom is -0.281 e. The zero-order chi connectivity index (χ0) is 32.5. The number of thiophene rings is 2.